The molecule has 0 bridgehead atoms. The molecule has 2 aromatic rings. The highest BCUT2D eigenvalue weighted by atomic mass is 16.5. The lowest BCUT2D eigenvalue weighted by molar-refractivity contribution is 0.324. The summed E-state index contributed by atoms with van der Waals surface area (Å²) >= 11 is 0. The smallest absolute Gasteiger partial charge is 0.261 e. The van der Waals surface area contributed by atoms with Crippen LogP contribution in [0.3, 0.4) is 0 Å². The first kappa shape index (κ1) is 13.0. The van der Waals surface area contributed by atoms with Gasteiger partial charge >= 0.3 is 0 Å². The van der Waals surface area contributed by atoms with Crippen LogP contribution in [0, 0.1) is 5.92 Å². The molecule has 1 saturated carbocycles. The van der Waals surface area contributed by atoms with Gasteiger partial charge in [-0.3, -0.25) is 0 Å². The molecule has 1 aromatic carbocycles. The monoisotopic (exact) mass is 273 g/mol. The van der Waals surface area contributed by atoms with E-state index in [4.69, 9.17) is 10.3 Å². The second kappa shape index (κ2) is 5.15. The summed E-state index contributed by atoms with van der Waals surface area (Å²) in [7, 11) is 0. The van der Waals surface area contributed by atoms with Gasteiger partial charge in [-0.1, -0.05) is 31.0 Å². The lowest BCUT2D eigenvalue weighted by Gasteiger charge is -2.23. The van der Waals surface area contributed by atoms with Crippen LogP contribution in [-0.2, 0) is 0 Å². The van der Waals surface area contributed by atoms with E-state index < -0.39 is 0 Å². The van der Waals surface area contributed by atoms with Gasteiger partial charge in [0.25, 0.3) is 5.89 Å². The molecule has 2 atom stereocenters. The van der Waals surface area contributed by atoms with Gasteiger partial charge in [0, 0.05) is 5.92 Å². The molecule has 1 aliphatic carbocycles. The molecule has 106 valence electrons. The van der Waals surface area contributed by atoms with Crippen molar-refractivity contribution in [2.75, 3.05) is 5.73 Å². The Hall–Kier alpha value is -2.04. The van der Waals surface area contributed by atoms with Crippen molar-refractivity contribution in [1.29, 1.82) is 0 Å². The Bertz CT molecular complexity index is 609. The molecule has 0 spiro atoms. The number of nitrogens with two attached hydrogens (primary N) is 1. The van der Waals surface area contributed by atoms with Crippen LogP contribution < -0.4 is 5.73 Å². The Morgan fingerprint density at radius 1 is 1.35 bits per heavy atom. The van der Waals surface area contributed by atoms with Crippen LogP contribution in [-0.4, -0.2) is 15.2 Å². The van der Waals surface area contributed by atoms with E-state index in [2.05, 4.69) is 17.1 Å². The Morgan fingerprint density at radius 2 is 2.20 bits per heavy atom. The van der Waals surface area contributed by atoms with E-state index >= 15 is 0 Å². The van der Waals surface area contributed by atoms with Gasteiger partial charge in [-0.2, -0.15) is 4.98 Å². The molecule has 1 aromatic heterocycles. The van der Waals surface area contributed by atoms with Crippen LogP contribution in [0.25, 0.3) is 11.5 Å². The number of phenolic OH excluding ortho intramolecular Hbond substituents is 1. The highest BCUT2D eigenvalue weighted by Crippen LogP contribution is 2.37. The van der Waals surface area contributed by atoms with E-state index in [1.165, 1.54) is 12.8 Å². The number of anilines is 1. The Balaban J connectivity index is 1.88. The van der Waals surface area contributed by atoms with Crippen molar-refractivity contribution in [3.63, 3.8) is 0 Å². The van der Waals surface area contributed by atoms with Gasteiger partial charge in [-0.15, -0.1) is 0 Å². The maximum Gasteiger partial charge on any atom is 0.261 e. The van der Waals surface area contributed by atoms with Crippen molar-refractivity contribution in [3.8, 4) is 17.2 Å². The normalized spacial score (nSPS) is 22.9. The second-order valence-corrected chi connectivity index (χ2v) is 5.67. The van der Waals surface area contributed by atoms with Gasteiger partial charge in [0.15, 0.2) is 11.6 Å². The van der Waals surface area contributed by atoms with Crippen molar-refractivity contribution in [2.45, 2.75) is 38.5 Å². The fourth-order valence-electron chi connectivity index (χ4n) is 2.91. The molecule has 5 nitrogen and oxygen atoms in total. The molecule has 0 amide bonds. The fourth-order valence-corrected chi connectivity index (χ4v) is 2.91. The predicted molar refractivity (Wildman–Crippen MR) is 76.2 cm³/mol. The number of aromatic nitrogens is 2. The van der Waals surface area contributed by atoms with Crippen molar-refractivity contribution < 1.29 is 9.63 Å². The highest BCUT2D eigenvalue weighted by Gasteiger charge is 2.25. The molecule has 1 heterocycles. The molecule has 1 fully saturated rings. The van der Waals surface area contributed by atoms with Crippen molar-refractivity contribution in [3.05, 3.63) is 24.0 Å². The number of hydrogen-bond acceptors (Lipinski definition) is 5. The van der Waals surface area contributed by atoms with Crippen LogP contribution in [0.1, 0.15) is 44.3 Å². The molecular weight excluding hydrogens is 254 g/mol. The van der Waals surface area contributed by atoms with E-state index in [9.17, 15) is 5.11 Å². The highest BCUT2D eigenvalue weighted by molar-refractivity contribution is 5.71. The van der Waals surface area contributed by atoms with Crippen LogP contribution >= 0.6 is 0 Å². The van der Waals surface area contributed by atoms with Gasteiger partial charge in [0.1, 0.15) is 0 Å². The fraction of sp³-hybridized carbons (Fsp3) is 0.467. The second-order valence-electron chi connectivity index (χ2n) is 5.67. The topological polar surface area (TPSA) is 85.2 Å². The van der Waals surface area contributed by atoms with E-state index in [1.54, 1.807) is 18.2 Å². The molecule has 2 unspecified atom stereocenters. The number of hydrogen-bond donors (Lipinski definition) is 2. The standard InChI is InChI=1S/C15H19N3O2/c1-9-4-2-5-10(8-9)14-17-15(20-18-14)11-6-3-7-12(16)13(11)19/h3,6-7,9-10,19H,2,4-5,8,16H2,1H3. The summed E-state index contributed by atoms with van der Waals surface area (Å²) in [5.41, 5.74) is 6.49. The molecule has 3 N–H and O–H groups in total. The average molecular weight is 273 g/mol. The third kappa shape index (κ3) is 2.35. The van der Waals surface area contributed by atoms with Crippen LogP contribution in [0.15, 0.2) is 22.7 Å². The molecule has 1 aliphatic rings. The zero-order chi connectivity index (χ0) is 14.1. The quantitative estimate of drug-likeness (QED) is 0.647. The summed E-state index contributed by atoms with van der Waals surface area (Å²) in [6.45, 7) is 2.26. The molecule has 5 heteroatoms. The minimum absolute atomic E-state index is 0.000266. The molecule has 3 rings (SSSR count). The summed E-state index contributed by atoms with van der Waals surface area (Å²) < 4.78 is 5.30. The van der Waals surface area contributed by atoms with Gasteiger partial charge in [0.05, 0.1) is 11.3 Å². The van der Waals surface area contributed by atoms with Gasteiger partial charge in [0.2, 0.25) is 0 Å². The van der Waals surface area contributed by atoms with E-state index in [0.717, 1.165) is 18.7 Å². The van der Waals surface area contributed by atoms with Crippen molar-refractivity contribution in [2.24, 2.45) is 5.92 Å². The summed E-state index contributed by atoms with van der Waals surface area (Å²) in [4.78, 5) is 4.45. The zero-order valence-electron chi connectivity index (χ0n) is 11.5. The summed E-state index contributed by atoms with van der Waals surface area (Å²) in [6.07, 6.45) is 4.69. The minimum Gasteiger partial charge on any atom is -0.505 e. The maximum absolute atomic E-state index is 9.96. The van der Waals surface area contributed by atoms with Crippen LogP contribution in [0.2, 0.25) is 0 Å². The maximum atomic E-state index is 9.96. The molecule has 0 radical (unpaired) electrons. The van der Waals surface area contributed by atoms with Gasteiger partial charge in [-0.05, 0) is 30.9 Å². The first-order valence-electron chi connectivity index (χ1n) is 7.06. The molecular formula is C15H19N3O2. The molecule has 0 saturated heterocycles. The molecule has 0 aliphatic heterocycles. The minimum atomic E-state index is -0.000266. The SMILES string of the molecule is CC1CCCC(c2noc(-c3cccc(N)c3O)n2)C1. The summed E-state index contributed by atoms with van der Waals surface area (Å²) in [6, 6.07) is 5.13. The van der Waals surface area contributed by atoms with Crippen LogP contribution in [0.5, 0.6) is 5.75 Å². The van der Waals surface area contributed by atoms with Crippen molar-refractivity contribution >= 4 is 5.69 Å². The number of nitrogens with zero attached hydrogens (tertiary/aromatic N) is 2. The van der Waals surface area contributed by atoms with Gasteiger partial charge in [-0.25, -0.2) is 0 Å². The Morgan fingerprint density at radius 3 is 3.00 bits per heavy atom. The molecule has 20 heavy (non-hydrogen) atoms. The van der Waals surface area contributed by atoms with Gasteiger partial charge < -0.3 is 15.4 Å². The van der Waals surface area contributed by atoms with E-state index in [1.807, 2.05) is 0 Å². The number of rotatable bonds is 2. The Kier molecular flexibility index (Phi) is 3.34. The lowest BCUT2D eigenvalue weighted by Crippen LogP contribution is -2.12. The number of benzene rings is 1. The zero-order valence-corrected chi connectivity index (χ0v) is 11.5. The number of nitrogen functional groups attached to an aromatic ring is 1. The predicted octanol–water partition coefficient (Wildman–Crippen LogP) is 3.32. The third-order valence-corrected chi connectivity index (χ3v) is 4.04. The first-order chi connectivity index (χ1) is 9.65. The van der Waals surface area contributed by atoms with E-state index in [0.29, 0.717) is 29.0 Å². The lowest BCUT2D eigenvalue weighted by atomic mass is 9.82. The summed E-state index contributed by atoms with van der Waals surface area (Å²) in [5, 5.41) is 14.0. The first-order valence-corrected chi connectivity index (χ1v) is 7.06. The average Bonchev–Trinajstić information content (AvgIpc) is 2.91. The third-order valence-electron chi connectivity index (χ3n) is 4.04. The Labute approximate surface area is 117 Å². The number of aromatic hydroxyl groups is 1. The summed E-state index contributed by atoms with van der Waals surface area (Å²) in [5.74, 6) is 2.15. The largest absolute Gasteiger partial charge is 0.505 e. The number of para-hydroxylation sites is 1. The van der Waals surface area contributed by atoms with Crippen LogP contribution in [0.4, 0.5) is 5.69 Å². The van der Waals surface area contributed by atoms with E-state index in [-0.39, 0.29) is 5.75 Å². The van der Waals surface area contributed by atoms with Crippen molar-refractivity contribution in [1.82, 2.24) is 10.1 Å². The number of phenols is 1.